The average molecular weight is 367 g/mol. The largest absolute Gasteiger partial charge is 0.337 e. The third kappa shape index (κ3) is 2.94. The Labute approximate surface area is 151 Å². The first-order valence-corrected chi connectivity index (χ1v) is 9.89. The molecule has 1 aliphatic heterocycles. The maximum atomic E-state index is 12.8. The third-order valence-electron chi connectivity index (χ3n) is 4.66. The molecule has 1 fully saturated rings. The molecular weight excluding hydrogens is 350 g/mol. The fourth-order valence-electron chi connectivity index (χ4n) is 3.25. The van der Waals surface area contributed by atoms with Gasteiger partial charge in [-0.25, -0.2) is 8.42 Å². The molecule has 1 aromatic heterocycles. The van der Waals surface area contributed by atoms with E-state index in [0.717, 1.165) is 5.52 Å². The van der Waals surface area contributed by atoms with Crippen LogP contribution in [0.3, 0.4) is 0 Å². The summed E-state index contributed by atoms with van der Waals surface area (Å²) in [5, 5.41) is -0.575. The molecule has 6 nitrogen and oxygen atoms in total. The predicted octanol–water partition coefficient (Wildman–Crippen LogP) is 2.32. The van der Waals surface area contributed by atoms with Gasteiger partial charge in [0.15, 0.2) is 9.84 Å². The number of likely N-dealkylation sites (tertiary alicyclic amines) is 1. The van der Waals surface area contributed by atoms with Crippen molar-refractivity contribution in [1.29, 1.82) is 0 Å². The van der Waals surface area contributed by atoms with Gasteiger partial charge in [-0.1, -0.05) is 18.2 Å². The van der Waals surface area contributed by atoms with Crippen LogP contribution in [0.15, 0.2) is 65.8 Å². The van der Waals surface area contributed by atoms with Crippen molar-refractivity contribution < 1.29 is 13.2 Å². The molecule has 0 spiro atoms. The van der Waals surface area contributed by atoms with Crippen LogP contribution in [0, 0.1) is 0 Å². The first kappa shape index (κ1) is 16.7. The van der Waals surface area contributed by atoms with Crippen LogP contribution < -0.4 is 0 Å². The third-order valence-corrected chi connectivity index (χ3v) is 6.85. The highest BCUT2D eigenvalue weighted by atomic mass is 32.2. The molecule has 1 amide bonds. The van der Waals surface area contributed by atoms with Gasteiger partial charge in [-0.15, -0.1) is 0 Å². The van der Waals surface area contributed by atoms with E-state index in [0.29, 0.717) is 28.9 Å². The van der Waals surface area contributed by atoms with Gasteiger partial charge in [-0.05, 0) is 36.8 Å². The van der Waals surface area contributed by atoms with Crippen molar-refractivity contribution in [3.63, 3.8) is 0 Å². The van der Waals surface area contributed by atoms with Crippen molar-refractivity contribution in [2.45, 2.75) is 16.6 Å². The molecule has 1 unspecified atom stereocenters. The summed E-state index contributed by atoms with van der Waals surface area (Å²) in [7, 11) is -3.44. The first-order chi connectivity index (χ1) is 12.6. The normalized spacial score (nSPS) is 17.5. The van der Waals surface area contributed by atoms with Crippen molar-refractivity contribution in [3.05, 3.63) is 66.5 Å². The van der Waals surface area contributed by atoms with Crippen LogP contribution in [0.2, 0.25) is 0 Å². The second-order valence-corrected chi connectivity index (χ2v) is 8.51. The topological polar surface area (TPSA) is 80.2 Å². The Bertz CT molecular complexity index is 1070. The molecule has 132 valence electrons. The lowest BCUT2D eigenvalue weighted by atomic mass is 10.1. The Balaban J connectivity index is 1.55. The van der Waals surface area contributed by atoms with Crippen molar-refractivity contribution in [2.75, 3.05) is 13.1 Å². The monoisotopic (exact) mass is 367 g/mol. The second kappa shape index (κ2) is 6.49. The zero-order chi connectivity index (χ0) is 18.1. The minimum absolute atomic E-state index is 0.177. The SMILES string of the molecule is O=C(c1ccc2nccnc2c1)N1CCC(S(=O)(=O)c2ccccc2)C1. The van der Waals surface area contributed by atoms with Crippen molar-refractivity contribution >= 4 is 26.8 Å². The average Bonchev–Trinajstić information content (AvgIpc) is 3.19. The molecule has 1 atom stereocenters. The van der Waals surface area contributed by atoms with E-state index in [-0.39, 0.29) is 12.5 Å². The zero-order valence-corrected chi connectivity index (χ0v) is 14.8. The van der Waals surface area contributed by atoms with Gasteiger partial charge in [-0.2, -0.15) is 0 Å². The van der Waals surface area contributed by atoms with Crippen molar-refractivity contribution in [3.8, 4) is 0 Å². The van der Waals surface area contributed by atoms with Gasteiger partial charge in [0.05, 0.1) is 21.2 Å². The minimum Gasteiger partial charge on any atom is -0.337 e. The molecule has 3 aromatic rings. The summed E-state index contributed by atoms with van der Waals surface area (Å²) < 4.78 is 25.5. The maximum absolute atomic E-state index is 12.8. The van der Waals surface area contributed by atoms with E-state index >= 15 is 0 Å². The van der Waals surface area contributed by atoms with Gasteiger partial charge in [0, 0.05) is 31.0 Å². The predicted molar refractivity (Wildman–Crippen MR) is 97.5 cm³/mol. The van der Waals surface area contributed by atoms with Crippen LogP contribution in [0.25, 0.3) is 11.0 Å². The molecule has 0 radical (unpaired) electrons. The minimum atomic E-state index is -3.44. The lowest BCUT2D eigenvalue weighted by Crippen LogP contribution is -2.32. The molecule has 2 heterocycles. The summed E-state index contributed by atoms with van der Waals surface area (Å²) in [6.45, 7) is 0.628. The fraction of sp³-hybridized carbons (Fsp3) is 0.211. The molecule has 0 bridgehead atoms. The number of amides is 1. The Morgan fingerprint density at radius 3 is 2.50 bits per heavy atom. The summed E-state index contributed by atoms with van der Waals surface area (Å²) in [5.74, 6) is -0.177. The highest BCUT2D eigenvalue weighted by Crippen LogP contribution is 2.25. The van der Waals surface area contributed by atoms with E-state index in [1.54, 1.807) is 65.8 Å². The lowest BCUT2D eigenvalue weighted by molar-refractivity contribution is 0.0793. The smallest absolute Gasteiger partial charge is 0.253 e. The highest BCUT2D eigenvalue weighted by Gasteiger charge is 2.36. The maximum Gasteiger partial charge on any atom is 0.253 e. The molecule has 4 rings (SSSR count). The van der Waals surface area contributed by atoms with Crippen LogP contribution in [0.5, 0.6) is 0 Å². The van der Waals surface area contributed by atoms with E-state index in [2.05, 4.69) is 9.97 Å². The number of sulfone groups is 1. The summed E-state index contributed by atoms with van der Waals surface area (Å²) in [6.07, 6.45) is 3.62. The van der Waals surface area contributed by atoms with Crippen molar-refractivity contribution in [2.24, 2.45) is 0 Å². The Hall–Kier alpha value is -2.80. The van der Waals surface area contributed by atoms with Crippen LogP contribution in [0.4, 0.5) is 0 Å². The van der Waals surface area contributed by atoms with Crippen molar-refractivity contribution in [1.82, 2.24) is 14.9 Å². The van der Waals surface area contributed by atoms with E-state index in [9.17, 15) is 13.2 Å². The number of nitrogens with zero attached hydrogens (tertiary/aromatic N) is 3. The van der Waals surface area contributed by atoms with Gasteiger partial charge < -0.3 is 4.90 Å². The van der Waals surface area contributed by atoms with Gasteiger partial charge >= 0.3 is 0 Å². The van der Waals surface area contributed by atoms with Gasteiger partial charge in [0.2, 0.25) is 0 Å². The number of fused-ring (bicyclic) bond motifs is 1. The molecule has 0 aliphatic carbocycles. The summed E-state index contributed by atoms with van der Waals surface area (Å²) in [6, 6.07) is 13.6. The summed E-state index contributed by atoms with van der Waals surface area (Å²) in [4.78, 5) is 23.1. The Morgan fingerprint density at radius 2 is 1.73 bits per heavy atom. The number of rotatable bonds is 3. The Morgan fingerprint density at radius 1 is 1.00 bits per heavy atom. The molecule has 0 saturated carbocycles. The quantitative estimate of drug-likeness (QED) is 0.710. The molecule has 1 aliphatic rings. The number of carbonyl (C=O) groups is 1. The molecule has 2 aromatic carbocycles. The number of hydrogen-bond acceptors (Lipinski definition) is 5. The van der Waals surface area contributed by atoms with Gasteiger partial charge in [0.25, 0.3) is 5.91 Å². The second-order valence-electron chi connectivity index (χ2n) is 6.28. The van der Waals surface area contributed by atoms with E-state index in [4.69, 9.17) is 0 Å². The van der Waals surface area contributed by atoms with Crippen LogP contribution in [0.1, 0.15) is 16.8 Å². The standard InChI is InChI=1S/C19H17N3O3S/c23-19(14-6-7-17-18(12-14)21-10-9-20-17)22-11-8-16(13-22)26(24,25)15-4-2-1-3-5-15/h1-7,9-10,12,16H,8,11,13H2. The molecule has 7 heteroatoms. The number of hydrogen-bond donors (Lipinski definition) is 0. The Kier molecular flexibility index (Phi) is 4.16. The lowest BCUT2D eigenvalue weighted by Gasteiger charge is -2.17. The summed E-state index contributed by atoms with van der Waals surface area (Å²) in [5.41, 5.74) is 1.86. The molecule has 1 saturated heterocycles. The van der Waals surface area contributed by atoms with Gasteiger partial charge in [-0.3, -0.25) is 14.8 Å². The number of benzene rings is 2. The van der Waals surface area contributed by atoms with Crippen LogP contribution in [-0.4, -0.2) is 47.5 Å². The van der Waals surface area contributed by atoms with Crippen LogP contribution in [-0.2, 0) is 9.84 Å². The summed E-state index contributed by atoms with van der Waals surface area (Å²) >= 11 is 0. The van der Waals surface area contributed by atoms with E-state index < -0.39 is 15.1 Å². The molecule has 0 N–H and O–H groups in total. The number of carbonyl (C=O) groups excluding carboxylic acids is 1. The first-order valence-electron chi connectivity index (χ1n) is 8.35. The molecular formula is C19H17N3O3S. The van der Waals surface area contributed by atoms with Gasteiger partial charge in [0.1, 0.15) is 0 Å². The van der Waals surface area contributed by atoms with Crippen LogP contribution >= 0.6 is 0 Å². The highest BCUT2D eigenvalue weighted by molar-refractivity contribution is 7.92. The van der Waals surface area contributed by atoms with E-state index in [1.807, 2.05) is 0 Å². The number of aromatic nitrogens is 2. The zero-order valence-electron chi connectivity index (χ0n) is 13.9. The fourth-order valence-corrected chi connectivity index (χ4v) is 4.96. The molecule has 26 heavy (non-hydrogen) atoms. The van der Waals surface area contributed by atoms with E-state index in [1.165, 1.54) is 0 Å².